The monoisotopic (exact) mass is 497 g/mol. The molecule has 33 heavy (non-hydrogen) atoms. The number of aromatic nitrogens is 2. The van der Waals surface area contributed by atoms with Crippen molar-refractivity contribution in [1.29, 1.82) is 0 Å². The number of aryl methyl sites for hydroxylation is 2. The van der Waals surface area contributed by atoms with Crippen LogP contribution in [0.1, 0.15) is 28.8 Å². The number of carbonyl (C=O) groups excluding carboxylic acids is 1. The summed E-state index contributed by atoms with van der Waals surface area (Å²) in [5.41, 5.74) is 1.49. The predicted molar refractivity (Wildman–Crippen MR) is 127 cm³/mol. The van der Waals surface area contributed by atoms with Gasteiger partial charge in [0.25, 0.3) is 5.56 Å². The molecule has 1 atom stereocenters. The number of thiophene rings is 1. The van der Waals surface area contributed by atoms with Crippen molar-refractivity contribution in [2.24, 2.45) is 0 Å². The number of alkyl halides is 2. The Morgan fingerprint density at radius 3 is 2.70 bits per heavy atom. The number of benzene rings is 1. The van der Waals surface area contributed by atoms with Gasteiger partial charge < -0.3 is 19.4 Å². The number of fused-ring (bicyclic) bond motifs is 1. The molecule has 0 aliphatic heterocycles. The summed E-state index contributed by atoms with van der Waals surface area (Å²) in [5.74, 6) is 0.901. The number of amides is 1. The molecule has 0 aliphatic carbocycles. The zero-order valence-corrected chi connectivity index (χ0v) is 20.5. The van der Waals surface area contributed by atoms with Crippen LogP contribution in [-0.4, -0.2) is 46.8 Å². The summed E-state index contributed by atoms with van der Waals surface area (Å²) in [4.78, 5) is 35.9. The second kappa shape index (κ2) is 10.5. The Morgan fingerprint density at radius 1 is 1.30 bits per heavy atom. The van der Waals surface area contributed by atoms with Gasteiger partial charge in [-0.15, -0.1) is 23.1 Å². The number of rotatable bonds is 9. The Morgan fingerprint density at radius 2 is 2.03 bits per heavy atom. The van der Waals surface area contributed by atoms with Crippen LogP contribution in [0.4, 0.5) is 8.78 Å². The van der Waals surface area contributed by atoms with Crippen LogP contribution in [0.25, 0.3) is 10.2 Å². The molecule has 0 spiro atoms. The lowest BCUT2D eigenvalue weighted by molar-refractivity contribution is -0.129. The standard InChI is InChI=1S/C22H25F2N3O4S2/c1-11-12(2)33-20-18(11)19(28)25-17(26-20)10-32-13(3)21(29)27(4)9-14-6-7-15(31-22(23)24)16(8-14)30-5/h6-8,13,22H,9-10H2,1-5H3,(H,25,26,28)/t13-/m1/s1. The van der Waals surface area contributed by atoms with E-state index in [-0.39, 0.29) is 34.8 Å². The van der Waals surface area contributed by atoms with E-state index in [2.05, 4.69) is 14.7 Å². The fourth-order valence-electron chi connectivity index (χ4n) is 3.31. The Hall–Kier alpha value is -2.66. The first kappa shape index (κ1) is 25.0. The molecule has 0 saturated carbocycles. The van der Waals surface area contributed by atoms with E-state index >= 15 is 0 Å². The smallest absolute Gasteiger partial charge is 0.387 e. The lowest BCUT2D eigenvalue weighted by Gasteiger charge is -2.22. The van der Waals surface area contributed by atoms with Crippen LogP contribution in [0.3, 0.4) is 0 Å². The number of hydrogen-bond donors (Lipinski definition) is 1. The zero-order chi connectivity index (χ0) is 24.3. The number of halogens is 2. The maximum Gasteiger partial charge on any atom is 0.387 e. The summed E-state index contributed by atoms with van der Waals surface area (Å²) < 4.78 is 34.5. The van der Waals surface area contributed by atoms with Gasteiger partial charge in [-0.05, 0) is 44.0 Å². The van der Waals surface area contributed by atoms with Crippen molar-refractivity contribution in [2.75, 3.05) is 14.2 Å². The lowest BCUT2D eigenvalue weighted by atomic mass is 10.2. The molecule has 3 rings (SSSR count). The van der Waals surface area contributed by atoms with Crippen molar-refractivity contribution in [3.8, 4) is 11.5 Å². The highest BCUT2D eigenvalue weighted by Crippen LogP contribution is 2.30. The highest BCUT2D eigenvalue weighted by Gasteiger charge is 2.20. The Balaban J connectivity index is 1.63. The second-order valence-electron chi connectivity index (χ2n) is 7.49. The first-order valence-electron chi connectivity index (χ1n) is 10.1. The van der Waals surface area contributed by atoms with Gasteiger partial charge in [0, 0.05) is 18.5 Å². The Bertz CT molecular complexity index is 1210. The highest BCUT2D eigenvalue weighted by molar-refractivity contribution is 7.99. The number of nitrogens with zero attached hydrogens (tertiary/aromatic N) is 2. The molecule has 1 amide bonds. The fraction of sp³-hybridized carbons (Fsp3) is 0.409. The van der Waals surface area contributed by atoms with E-state index in [4.69, 9.17) is 4.74 Å². The minimum Gasteiger partial charge on any atom is -0.493 e. The predicted octanol–water partition coefficient (Wildman–Crippen LogP) is 4.49. The van der Waals surface area contributed by atoms with Gasteiger partial charge in [0.2, 0.25) is 5.91 Å². The van der Waals surface area contributed by atoms with Crippen LogP contribution in [0.15, 0.2) is 23.0 Å². The van der Waals surface area contributed by atoms with E-state index in [9.17, 15) is 18.4 Å². The van der Waals surface area contributed by atoms with Gasteiger partial charge in [0.15, 0.2) is 11.5 Å². The van der Waals surface area contributed by atoms with Crippen LogP contribution in [0.2, 0.25) is 0 Å². The Kier molecular flexibility index (Phi) is 7.96. The lowest BCUT2D eigenvalue weighted by Crippen LogP contribution is -2.33. The first-order chi connectivity index (χ1) is 15.6. The molecule has 1 N–H and O–H groups in total. The van der Waals surface area contributed by atoms with Crippen molar-refractivity contribution in [3.05, 3.63) is 50.4 Å². The number of ether oxygens (including phenoxy) is 2. The molecule has 7 nitrogen and oxygen atoms in total. The van der Waals surface area contributed by atoms with Crippen molar-refractivity contribution in [2.45, 2.75) is 44.9 Å². The van der Waals surface area contributed by atoms with Crippen molar-refractivity contribution < 1.29 is 23.0 Å². The molecular weight excluding hydrogens is 472 g/mol. The van der Waals surface area contributed by atoms with Crippen molar-refractivity contribution in [1.82, 2.24) is 14.9 Å². The fourth-order valence-corrected chi connectivity index (χ4v) is 5.22. The summed E-state index contributed by atoms with van der Waals surface area (Å²) >= 11 is 2.86. The molecular formula is C22H25F2N3O4S2. The Labute approximate surface area is 198 Å². The van der Waals surface area contributed by atoms with Gasteiger partial charge in [-0.25, -0.2) is 4.98 Å². The molecule has 0 radical (unpaired) electrons. The number of thioether (sulfide) groups is 1. The minimum atomic E-state index is -2.95. The SMILES string of the molecule is COc1cc(CN(C)C(=O)[C@@H](C)SCc2nc3sc(C)c(C)c3c(=O)[nH]2)ccc1OC(F)F. The average Bonchev–Trinajstić information content (AvgIpc) is 3.05. The summed E-state index contributed by atoms with van der Waals surface area (Å²) in [5, 5.41) is 0.238. The van der Waals surface area contributed by atoms with Crippen LogP contribution >= 0.6 is 23.1 Å². The zero-order valence-electron chi connectivity index (χ0n) is 18.9. The topological polar surface area (TPSA) is 84.5 Å². The van der Waals surface area contributed by atoms with Crippen LogP contribution in [-0.2, 0) is 17.1 Å². The van der Waals surface area contributed by atoms with E-state index in [0.717, 1.165) is 10.4 Å². The van der Waals surface area contributed by atoms with Crippen molar-refractivity contribution in [3.63, 3.8) is 0 Å². The quantitative estimate of drug-likeness (QED) is 0.469. The van der Waals surface area contributed by atoms with E-state index < -0.39 is 6.61 Å². The third-order valence-electron chi connectivity index (χ3n) is 5.15. The van der Waals surface area contributed by atoms with E-state index in [0.29, 0.717) is 27.4 Å². The summed E-state index contributed by atoms with van der Waals surface area (Å²) in [7, 11) is 3.03. The number of aromatic amines is 1. The van der Waals surface area contributed by atoms with Crippen LogP contribution in [0, 0.1) is 13.8 Å². The number of hydrogen-bond acceptors (Lipinski definition) is 7. The third kappa shape index (κ3) is 5.83. The van der Waals surface area contributed by atoms with Gasteiger partial charge in [0.1, 0.15) is 10.7 Å². The summed E-state index contributed by atoms with van der Waals surface area (Å²) in [6.45, 7) is 2.97. The first-order valence-corrected chi connectivity index (χ1v) is 11.9. The highest BCUT2D eigenvalue weighted by atomic mass is 32.2. The molecule has 0 fully saturated rings. The van der Waals surface area contributed by atoms with Gasteiger partial charge in [-0.3, -0.25) is 9.59 Å². The molecule has 11 heteroatoms. The van der Waals surface area contributed by atoms with E-state index in [1.165, 1.54) is 36.3 Å². The maximum atomic E-state index is 12.8. The minimum absolute atomic E-state index is 0.0660. The van der Waals surface area contributed by atoms with E-state index in [1.54, 1.807) is 31.0 Å². The summed E-state index contributed by atoms with van der Waals surface area (Å²) in [6, 6.07) is 4.56. The second-order valence-corrected chi connectivity index (χ2v) is 10.0. The van der Waals surface area contributed by atoms with Gasteiger partial charge >= 0.3 is 6.61 Å². The average molecular weight is 498 g/mol. The van der Waals surface area contributed by atoms with E-state index in [1.807, 2.05) is 13.8 Å². The molecule has 0 bridgehead atoms. The summed E-state index contributed by atoms with van der Waals surface area (Å²) in [6.07, 6.45) is 0. The molecule has 3 aromatic rings. The molecule has 2 heterocycles. The normalized spacial score (nSPS) is 12.2. The number of nitrogens with one attached hydrogen (secondary N) is 1. The molecule has 178 valence electrons. The molecule has 0 aliphatic rings. The van der Waals surface area contributed by atoms with Crippen molar-refractivity contribution >= 4 is 39.2 Å². The number of methoxy groups -OCH3 is 1. The van der Waals surface area contributed by atoms with Gasteiger partial charge in [-0.1, -0.05) is 6.07 Å². The molecule has 2 aromatic heterocycles. The molecule has 0 saturated heterocycles. The molecule has 0 unspecified atom stereocenters. The van der Waals surface area contributed by atoms with Gasteiger partial charge in [-0.2, -0.15) is 8.78 Å². The maximum absolute atomic E-state index is 12.8. The molecule has 1 aromatic carbocycles. The number of H-pyrrole nitrogens is 1. The van der Waals surface area contributed by atoms with Gasteiger partial charge in [0.05, 0.1) is 23.5 Å². The van der Waals surface area contributed by atoms with Crippen LogP contribution in [0.5, 0.6) is 11.5 Å². The third-order valence-corrected chi connectivity index (χ3v) is 7.39. The van der Waals surface area contributed by atoms with Crippen LogP contribution < -0.4 is 15.0 Å². The largest absolute Gasteiger partial charge is 0.493 e. The number of carbonyl (C=O) groups is 1.